The highest BCUT2D eigenvalue weighted by Gasteiger charge is 2.36. The monoisotopic (exact) mass is 219 g/mol. The fourth-order valence-corrected chi connectivity index (χ4v) is 2.22. The number of nitrogens with two attached hydrogens (primary N) is 1. The molecule has 0 bridgehead atoms. The number of hydrogen-bond donors (Lipinski definition) is 1. The van der Waals surface area contributed by atoms with Crippen LogP contribution in [0.15, 0.2) is 24.3 Å². The zero-order chi connectivity index (χ0) is 11.5. The predicted molar refractivity (Wildman–Crippen MR) is 66.2 cm³/mol. The van der Waals surface area contributed by atoms with E-state index < -0.39 is 0 Å². The predicted octanol–water partition coefficient (Wildman–Crippen LogP) is 2.81. The van der Waals surface area contributed by atoms with E-state index >= 15 is 0 Å². The lowest BCUT2D eigenvalue weighted by atomic mass is 9.97. The molecule has 0 aromatic heterocycles. The van der Waals surface area contributed by atoms with Gasteiger partial charge in [0.15, 0.2) is 0 Å². The molecule has 1 aliphatic carbocycles. The molecular formula is C14H21NO. The van der Waals surface area contributed by atoms with Gasteiger partial charge in [-0.3, -0.25) is 0 Å². The molecule has 0 heterocycles. The molecule has 88 valence electrons. The number of ether oxygens (including phenoxy) is 1. The third kappa shape index (κ3) is 2.63. The lowest BCUT2D eigenvalue weighted by molar-refractivity contribution is 0.0283. The molecule has 0 amide bonds. The molecule has 0 radical (unpaired) electrons. The SMILES string of the molecule is CCOC(C1CC1)C(N)c1cccc(C)c1. The minimum atomic E-state index is 0.0207. The first-order valence-corrected chi connectivity index (χ1v) is 6.16. The maximum Gasteiger partial charge on any atom is 0.0795 e. The molecule has 16 heavy (non-hydrogen) atoms. The van der Waals surface area contributed by atoms with Gasteiger partial charge in [0.25, 0.3) is 0 Å². The molecule has 1 fully saturated rings. The highest BCUT2D eigenvalue weighted by molar-refractivity contribution is 5.26. The van der Waals surface area contributed by atoms with Crippen LogP contribution in [0.2, 0.25) is 0 Å². The smallest absolute Gasteiger partial charge is 0.0795 e. The van der Waals surface area contributed by atoms with Gasteiger partial charge in [-0.25, -0.2) is 0 Å². The molecule has 2 nitrogen and oxygen atoms in total. The molecule has 2 heteroatoms. The lowest BCUT2D eigenvalue weighted by Gasteiger charge is -2.24. The summed E-state index contributed by atoms with van der Waals surface area (Å²) < 4.78 is 5.80. The molecule has 2 atom stereocenters. The van der Waals surface area contributed by atoms with Gasteiger partial charge in [-0.05, 0) is 38.2 Å². The zero-order valence-corrected chi connectivity index (χ0v) is 10.1. The van der Waals surface area contributed by atoms with Crippen molar-refractivity contribution in [2.45, 2.75) is 38.8 Å². The molecule has 0 saturated heterocycles. The molecule has 1 aliphatic rings. The van der Waals surface area contributed by atoms with Crippen LogP contribution >= 0.6 is 0 Å². The van der Waals surface area contributed by atoms with Gasteiger partial charge in [0, 0.05) is 6.61 Å². The summed E-state index contributed by atoms with van der Waals surface area (Å²) in [5, 5.41) is 0. The van der Waals surface area contributed by atoms with Crippen molar-refractivity contribution < 1.29 is 4.74 Å². The van der Waals surface area contributed by atoms with Crippen LogP contribution in [0.1, 0.15) is 36.9 Å². The third-order valence-corrected chi connectivity index (χ3v) is 3.23. The van der Waals surface area contributed by atoms with Crippen LogP contribution in [-0.2, 0) is 4.74 Å². The normalized spacial score (nSPS) is 19.4. The largest absolute Gasteiger partial charge is 0.376 e. The van der Waals surface area contributed by atoms with E-state index in [1.54, 1.807) is 0 Å². The highest BCUT2D eigenvalue weighted by atomic mass is 16.5. The molecule has 1 saturated carbocycles. The number of hydrogen-bond acceptors (Lipinski definition) is 2. The van der Waals surface area contributed by atoms with Gasteiger partial charge in [-0.15, -0.1) is 0 Å². The Kier molecular flexibility index (Phi) is 3.62. The molecule has 1 aromatic carbocycles. The first-order valence-electron chi connectivity index (χ1n) is 6.16. The van der Waals surface area contributed by atoms with E-state index in [-0.39, 0.29) is 12.1 Å². The van der Waals surface area contributed by atoms with Gasteiger partial charge < -0.3 is 10.5 Å². The summed E-state index contributed by atoms with van der Waals surface area (Å²) in [7, 11) is 0. The average molecular weight is 219 g/mol. The summed E-state index contributed by atoms with van der Waals surface area (Å²) in [4.78, 5) is 0. The van der Waals surface area contributed by atoms with Crippen molar-refractivity contribution in [3.05, 3.63) is 35.4 Å². The second-order valence-corrected chi connectivity index (χ2v) is 4.70. The van der Waals surface area contributed by atoms with E-state index in [1.165, 1.54) is 24.0 Å². The van der Waals surface area contributed by atoms with Gasteiger partial charge in [-0.2, -0.15) is 0 Å². The Morgan fingerprint density at radius 1 is 1.44 bits per heavy atom. The number of aryl methyl sites for hydroxylation is 1. The Labute approximate surface area is 97.8 Å². The standard InChI is InChI=1S/C14H21NO/c1-3-16-14(11-7-8-11)13(15)12-6-4-5-10(2)9-12/h4-6,9,11,13-14H,3,7-8,15H2,1-2H3. The van der Waals surface area contributed by atoms with E-state index in [0.29, 0.717) is 5.92 Å². The summed E-state index contributed by atoms with van der Waals surface area (Å²) in [5.41, 5.74) is 8.77. The van der Waals surface area contributed by atoms with Gasteiger partial charge in [0.2, 0.25) is 0 Å². The minimum Gasteiger partial charge on any atom is -0.376 e. The molecule has 0 aliphatic heterocycles. The molecule has 0 spiro atoms. The summed E-state index contributed by atoms with van der Waals surface area (Å²) >= 11 is 0. The number of rotatable bonds is 5. The van der Waals surface area contributed by atoms with E-state index in [9.17, 15) is 0 Å². The highest BCUT2D eigenvalue weighted by Crippen LogP contribution is 2.39. The summed E-state index contributed by atoms with van der Waals surface area (Å²) in [6, 6.07) is 8.46. The topological polar surface area (TPSA) is 35.2 Å². The van der Waals surface area contributed by atoms with Crippen molar-refractivity contribution in [1.82, 2.24) is 0 Å². The maximum atomic E-state index is 6.31. The lowest BCUT2D eigenvalue weighted by Crippen LogP contribution is -2.31. The van der Waals surface area contributed by atoms with Crippen LogP contribution in [0.25, 0.3) is 0 Å². The van der Waals surface area contributed by atoms with Crippen LogP contribution < -0.4 is 5.73 Å². The first-order chi connectivity index (χ1) is 7.72. The quantitative estimate of drug-likeness (QED) is 0.826. The molecular weight excluding hydrogens is 198 g/mol. The Morgan fingerprint density at radius 3 is 2.75 bits per heavy atom. The Balaban J connectivity index is 2.12. The van der Waals surface area contributed by atoms with Crippen LogP contribution in [0.3, 0.4) is 0 Å². The number of benzene rings is 1. The van der Waals surface area contributed by atoms with E-state index in [2.05, 4.69) is 31.2 Å². The summed E-state index contributed by atoms with van der Waals surface area (Å²) in [6.07, 6.45) is 2.74. The average Bonchev–Trinajstić information content (AvgIpc) is 3.09. The molecule has 2 N–H and O–H groups in total. The van der Waals surface area contributed by atoms with Crippen molar-refractivity contribution >= 4 is 0 Å². The molecule has 2 unspecified atom stereocenters. The van der Waals surface area contributed by atoms with Crippen molar-refractivity contribution in [1.29, 1.82) is 0 Å². The molecule has 2 rings (SSSR count). The Bertz CT molecular complexity index is 346. The van der Waals surface area contributed by atoms with Gasteiger partial charge in [0.1, 0.15) is 0 Å². The van der Waals surface area contributed by atoms with E-state index in [4.69, 9.17) is 10.5 Å². The minimum absolute atomic E-state index is 0.0207. The van der Waals surface area contributed by atoms with Gasteiger partial charge in [-0.1, -0.05) is 29.8 Å². The Morgan fingerprint density at radius 2 is 2.19 bits per heavy atom. The fourth-order valence-electron chi connectivity index (χ4n) is 2.22. The van der Waals surface area contributed by atoms with E-state index in [0.717, 1.165) is 6.61 Å². The third-order valence-electron chi connectivity index (χ3n) is 3.23. The summed E-state index contributed by atoms with van der Waals surface area (Å²) in [6.45, 7) is 4.89. The van der Waals surface area contributed by atoms with Crippen LogP contribution in [0.4, 0.5) is 0 Å². The maximum absolute atomic E-state index is 6.31. The van der Waals surface area contributed by atoms with E-state index in [1.807, 2.05) is 6.92 Å². The zero-order valence-electron chi connectivity index (χ0n) is 10.1. The van der Waals surface area contributed by atoms with Crippen molar-refractivity contribution in [3.63, 3.8) is 0 Å². The molecule has 1 aromatic rings. The van der Waals surface area contributed by atoms with Crippen LogP contribution in [-0.4, -0.2) is 12.7 Å². The van der Waals surface area contributed by atoms with Crippen molar-refractivity contribution in [3.8, 4) is 0 Å². The second-order valence-electron chi connectivity index (χ2n) is 4.70. The fraction of sp³-hybridized carbons (Fsp3) is 0.571. The van der Waals surface area contributed by atoms with Crippen molar-refractivity contribution in [2.24, 2.45) is 11.7 Å². The van der Waals surface area contributed by atoms with Crippen molar-refractivity contribution in [2.75, 3.05) is 6.61 Å². The second kappa shape index (κ2) is 4.98. The Hall–Kier alpha value is -0.860. The first kappa shape index (κ1) is 11.6. The van der Waals surface area contributed by atoms with Crippen LogP contribution in [0, 0.1) is 12.8 Å². The van der Waals surface area contributed by atoms with Crippen LogP contribution in [0.5, 0.6) is 0 Å². The van der Waals surface area contributed by atoms with Gasteiger partial charge >= 0.3 is 0 Å². The van der Waals surface area contributed by atoms with Gasteiger partial charge in [0.05, 0.1) is 12.1 Å². The summed E-state index contributed by atoms with van der Waals surface area (Å²) in [5.74, 6) is 0.676.